The van der Waals surface area contributed by atoms with Gasteiger partial charge in [-0.05, 0) is 41.1 Å². The Labute approximate surface area is 177 Å². The van der Waals surface area contributed by atoms with Crippen LogP contribution in [-0.2, 0) is 0 Å². The van der Waals surface area contributed by atoms with E-state index in [0.717, 1.165) is 22.1 Å². The number of carboxylic acids is 1. The maximum atomic E-state index is 11.7. The highest BCUT2D eigenvalue weighted by molar-refractivity contribution is 6.04. The number of hydrogen-bond acceptors (Lipinski definition) is 5. The van der Waals surface area contributed by atoms with E-state index in [-0.39, 0.29) is 5.56 Å². The number of benzene rings is 3. The zero-order valence-electron chi connectivity index (χ0n) is 16.6. The van der Waals surface area contributed by atoms with Gasteiger partial charge in [-0.2, -0.15) is 5.10 Å². The SMILES string of the molecule is COc1ccc2cc(-c3nc(-c4ccccc4C(=O)O)cc4[nH]nc(N)c34)ccc2c1. The maximum Gasteiger partial charge on any atom is 0.336 e. The second-order valence-corrected chi connectivity index (χ2v) is 7.17. The van der Waals surface area contributed by atoms with Gasteiger partial charge in [-0.25, -0.2) is 9.78 Å². The van der Waals surface area contributed by atoms with Gasteiger partial charge in [0.1, 0.15) is 5.75 Å². The number of hydrogen-bond donors (Lipinski definition) is 3. The lowest BCUT2D eigenvalue weighted by atomic mass is 9.99. The molecule has 0 atom stereocenters. The Balaban J connectivity index is 1.76. The first-order valence-electron chi connectivity index (χ1n) is 9.60. The second kappa shape index (κ2) is 7.14. The number of anilines is 1. The maximum absolute atomic E-state index is 11.7. The first-order valence-corrected chi connectivity index (χ1v) is 9.60. The topological polar surface area (TPSA) is 114 Å². The van der Waals surface area contributed by atoms with Crippen LogP contribution in [0.3, 0.4) is 0 Å². The summed E-state index contributed by atoms with van der Waals surface area (Å²) in [5.41, 5.74) is 9.55. The summed E-state index contributed by atoms with van der Waals surface area (Å²) in [6, 6.07) is 20.4. The van der Waals surface area contributed by atoms with Crippen molar-refractivity contribution in [2.45, 2.75) is 0 Å². The fourth-order valence-electron chi connectivity index (χ4n) is 3.81. The first kappa shape index (κ1) is 18.6. The van der Waals surface area contributed by atoms with Crippen molar-refractivity contribution < 1.29 is 14.6 Å². The molecule has 0 saturated carbocycles. The van der Waals surface area contributed by atoms with Crippen LogP contribution in [0.25, 0.3) is 44.2 Å². The lowest BCUT2D eigenvalue weighted by Gasteiger charge is -2.11. The molecule has 0 radical (unpaired) electrons. The van der Waals surface area contributed by atoms with Gasteiger partial charge in [-0.1, -0.05) is 36.4 Å². The summed E-state index contributed by atoms with van der Waals surface area (Å²) in [6.07, 6.45) is 0. The molecule has 7 nitrogen and oxygen atoms in total. The van der Waals surface area contributed by atoms with Crippen LogP contribution >= 0.6 is 0 Å². The Hall–Kier alpha value is -4.39. The van der Waals surface area contributed by atoms with Gasteiger partial charge in [-0.15, -0.1) is 0 Å². The summed E-state index contributed by atoms with van der Waals surface area (Å²) in [5.74, 6) is 0.111. The van der Waals surface area contributed by atoms with Crippen LogP contribution in [-0.4, -0.2) is 33.4 Å². The van der Waals surface area contributed by atoms with Gasteiger partial charge in [0.15, 0.2) is 5.82 Å². The molecule has 0 amide bonds. The van der Waals surface area contributed by atoms with Crippen molar-refractivity contribution in [2.75, 3.05) is 12.8 Å². The number of pyridine rings is 1. The molecule has 2 heterocycles. The minimum Gasteiger partial charge on any atom is -0.497 e. The van der Waals surface area contributed by atoms with Crippen molar-refractivity contribution in [1.82, 2.24) is 15.2 Å². The third-order valence-electron chi connectivity index (χ3n) is 5.33. The van der Waals surface area contributed by atoms with Gasteiger partial charge in [0, 0.05) is 11.1 Å². The van der Waals surface area contributed by atoms with E-state index < -0.39 is 5.97 Å². The minimum atomic E-state index is -1.01. The van der Waals surface area contributed by atoms with E-state index in [1.165, 1.54) is 0 Å². The van der Waals surface area contributed by atoms with Gasteiger partial charge in [0.25, 0.3) is 0 Å². The van der Waals surface area contributed by atoms with E-state index in [1.54, 1.807) is 37.4 Å². The number of carbonyl (C=O) groups is 1. The monoisotopic (exact) mass is 410 g/mol. The second-order valence-electron chi connectivity index (χ2n) is 7.17. The summed E-state index contributed by atoms with van der Waals surface area (Å²) >= 11 is 0. The molecule has 0 aliphatic rings. The number of nitrogens with two attached hydrogens (primary N) is 1. The highest BCUT2D eigenvalue weighted by Crippen LogP contribution is 2.35. The lowest BCUT2D eigenvalue weighted by molar-refractivity contribution is 0.0697. The molecule has 5 aromatic rings. The van der Waals surface area contributed by atoms with Crippen LogP contribution in [0.2, 0.25) is 0 Å². The van der Waals surface area contributed by atoms with E-state index in [1.807, 2.05) is 36.4 Å². The number of aromatic nitrogens is 3. The average molecular weight is 410 g/mol. The lowest BCUT2D eigenvalue weighted by Crippen LogP contribution is -2.01. The van der Waals surface area contributed by atoms with Crippen molar-refractivity contribution in [3.05, 3.63) is 72.3 Å². The third kappa shape index (κ3) is 3.12. The van der Waals surface area contributed by atoms with Crippen molar-refractivity contribution >= 4 is 33.5 Å². The Morgan fingerprint density at radius 3 is 2.61 bits per heavy atom. The third-order valence-corrected chi connectivity index (χ3v) is 5.33. The van der Waals surface area contributed by atoms with E-state index in [4.69, 9.17) is 15.5 Å². The number of nitrogens with one attached hydrogen (secondary N) is 1. The van der Waals surface area contributed by atoms with E-state index in [2.05, 4.69) is 10.2 Å². The number of nitrogens with zero attached hydrogens (tertiary/aromatic N) is 2. The molecule has 4 N–H and O–H groups in total. The highest BCUT2D eigenvalue weighted by Gasteiger charge is 2.18. The molecule has 3 aromatic carbocycles. The number of aromatic carboxylic acids is 1. The molecular weight excluding hydrogens is 392 g/mol. The number of fused-ring (bicyclic) bond motifs is 2. The number of aromatic amines is 1. The summed E-state index contributed by atoms with van der Waals surface area (Å²) in [6.45, 7) is 0. The zero-order chi connectivity index (χ0) is 21.5. The molecule has 0 saturated heterocycles. The molecule has 0 spiro atoms. The molecule has 152 valence electrons. The van der Waals surface area contributed by atoms with Crippen molar-refractivity contribution in [2.24, 2.45) is 0 Å². The fourth-order valence-corrected chi connectivity index (χ4v) is 3.81. The minimum absolute atomic E-state index is 0.179. The standard InChI is InChI=1S/C24H18N4O3/c1-31-16-9-8-13-10-15(7-6-14(13)11-16)22-21-20(27-28-23(21)25)12-19(26-22)17-4-2-3-5-18(17)24(29)30/h2-12H,1H3,(H,29,30)(H3,25,27,28). The van der Waals surface area contributed by atoms with E-state index in [0.29, 0.717) is 33.7 Å². The largest absolute Gasteiger partial charge is 0.497 e. The summed E-state index contributed by atoms with van der Waals surface area (Å²) in [7, 11) is 1.64. The van der Waals surface area contributed by atoms with E-state index >= 15 is 0 Å². The van der Waals surface area contributed by atoms with Crippen molar-refractivity contribution in [3.8, 4) is 28.3 Å². The summed E-state index contributed by atoms with van der Waals surface area (Å²) < 4.78 is 5.31. The molecule has 0 unspecified atom stereocenters. The predicted molar refractivity (Wildman–Crippen MR) is 120 cm³/mol. The molecule has 2 aromatic heterocycles. The smallest absolute Gasteiger partial charge is 0.336 e. The number of ether oxygens (including phenoxy) is 1. The van der Waals surface area contributed by atoms with Gasteiger partial charge >= 0.3 is 5.97 Å². The average Bonchev–Trinajstić information content (AvgIpc) is 3.18. The van der Waals surface area contributed by atoms with Crippen LogP contribution in [0.15, 0.2) is 66.7 Å². The van der Waals surface area contributed by atoms with Gasteiger partial charge in [0.05, 0.1) is 35.0 Å². The van der Waals surface area contributed by atoms with E-state index in [9.17, 15) is 9.90 Å². The molecule has 31 heavy (non-hydrogen) atoms. The van der Waals surface area contributed by atoms with Gasteiger partial charge in [0.2, 0.25) is 0 Å². The Morgan fingerprint density at radius 1 is 1.03 bits per heavy atom. The van der Waals surface area contributed by atoms with Gasteiger partial charge in [-0.3, -0.25) is 5.10 Å². The quantitative estimate of drug-likeness (QED) is 0.394. The predicted octanol–water partition coefficient (Wildman–Crippen LogP) is 4.73. The number of carboxylic acid groups (broad SMARTS) is 1. The van der Waals surface area contributed by atoms with Crippen LogP contribution in [0.1, 0.15) is 10.4 Å². The molecule has 0 aliphatic heterocycles. The molecule has 0 aliphatic carbocycles. The van der Waals surface area contributed by atoms with Crippen LogP contribution in [0, 0.1) is 0 Å². The molecule has 0 fully saturated rings. The van der Waals surface area contributed by atoms with Crippen LogP contribution in [0.4, 0.5) is 5.82 Å². The molecule has 0 bridgehead atoms. The number of H-pyrrole nitrogens is 1. The molecular formula is C24H18N4O3. The first-order chi connectivity index (χ1) is 15.0. The fraction of sp³-hybridized carbons (Fsp3) is 0.0417. The molecule has 7 heteroatoms. The Bertz CT molecular complexity index is 1470. The zero-order valence-corrected chi connectivity index (χ0v) is 16.6. The Morgan fingerprint density at radius 2 is 1.81 bits per heavy atom. The Kier molecular flexibility index (Phi) is 4.29. The number of methoxy groups -OCH3 is 1. The summed E-state index contributed by atoms with van der Waals surface area (Å²) in [5, 5.41) is 19.4. The van der Waals surface area contributed by atoms with Crippen molar-refractivity contribution in [1.29, 1.82) is 0 Å². The van der Waals surface area contributed by atoms with Crippen LogP contribution < -0.4 is 10.5 Å². The highest BCUT2D eigenvalue weighted by atomic mass is 16.5. The number of nitrogen functional groups attached to an aromatic ring is 1. The number of rotatable bonds is 4. The van der Waals surface area contributed by atoms with Crippen LogP contribution in [0.5, 0.6) is 5.75 Å². The molecule has 5 rings (SSSR count). The normalized spacial score (nSPS) is 11.1. The summed E-state index contributed by atoms with van der Waals surface area (Å²) in [4.78, 5) is 16.6. The van der Waals surface area contributed by atoms with Crippen molar-refractivity contribution in [3.63, 3.8) is 0 Å². The van der Waals surface area contributed by atoms with Gasteiger partial charge < -0.3 is 15.6 Å².